The van der Waals surface area contributed by atoms with Crippen molar-refractivity contribution in [3.63, 3.8) is 0 Å². The topological polar surface area (TPSA) is 41.6 Å². The normalized spacial score (nSPS) is 22.9. The standard InChI is InChI=1S/C15H28N2O2/c1-15(14(18)19-3,16-12-8-9-12)10-5-11-17(2)13-6-4-7-13/h12-13,16H,4-11H2,1-3H3. The van der Waals surface area contributed by atoms with Gasteiger partial charge in [0.15, 0.2) is 0 Å². The number of carbonyl (C=O) groups is 1. The number of nitrogens with one attached hydrogen (secondary N) is 1. The predicted octanol–water partition coefficient (Wildman–Crippen LogP) is 1.93. The molecule has 0 aromatic heterocycles. The highest BCUT2D eigenvalue weighted by molar-refractivity contribution is 5.80. The summed E-state index contributed by atoms with van der Waals surface area (Å²) in [6.07, 6.45) is 8.32. The summed E-state index contributed by atoms with van der Waals surface area (Å²) in [6.45, 7) is 3.06. The van der Waals surface area contributed by atoms with Gasteiger partial charge in [-0.25, -0.2) is 0 Å². The highest BCUT2D eigenvalue weighted by Crippen LogP contribution is 2.27. The predicted molar refractivity (Wildman–Crippen MR) is 76.1 cm³/mol. The van der Waals surface area contributed by atoms with Crippen LogP contribution >= 0.6 is 0 Å². The molecule has 0 spiro atoms. The van der Waals surface area contributed by atoms with Gasteiger partial charge in [0.1, 0.15) is 5.54 Å². The smallest absolute Gasteiger partial charge is 0.325 e. The lowest BCUT2D eigenvalue weighted by molar-refractivity contribution is -0.148. The minimum atomic E-state index is -0.504. The Balaban J connectivity index is 1.76. The SMILES string of the molecule is COC(=O)C(C)(CCCN(C)C1CCC1)NC1CC1. The monoisotopic (exact) mass is 268 g/mol. The second-order valence-electron chi connectivity index (χ2n) is 6.41. The molecule has 2 fully saturated rings. The second kappa shape index (κ2) is 6.23. The van der Waals surface area contributed by atoms with Crippen LogP contribution in [0.25, 0.3) is 0 Å². The Morgan fingerprint density at radius 3 is 2.53 bits per heavy atom. The van der Waals surface area contributed by atoms with E-state index in [1.54, 1.807) is 0 Å². The van der Waals surface area contributed by atoms with E-state index < -0.39 is 5.54 Å². The highest BCUT2D eigenvalue weighted by atomic mass is 16.5. The van der Waals surface area contributed by atoms with Crippen LogP contribution in [0.2, 0.25) is 0 Å². The average molecular weight is 268 g/mol. The number of methoxy groups -OCH3 is 1. The van der Waals surface area contributed by atoms with Gasteiger partial charge in [0, 0.05) is 12.1 Å². The summed E-state index contributed by atoms with van der Waals surface area (Å²) in [6, 6.07) is 1.30. The summed E-state index contributed by atoms with van der Waals surface area (Å²) in [5, 5.41) is 3.46. The van der Waals surface area contributed by atoms with Crippen LogP contribution in [0.15, 0.2) is 0 Å². The van der Waals surface area contributed by atoms with Crippen molar-refractivity contribution in [3.8, 4) is 0 Å². The molecule has 0 aromatic rings. The van der Waals surface area contributed by atoms with Gasteiger partial charge >= 0.3 is 5.97 Å². The largest absolute Gasteiger partial charge is 0.468 e. The molecule has 2 saturated carbocycles. The lowest BCUT2D eigenvalue weighted by Crippen LogP contribution is -2.51. The van der Waals surface area contributed by atoms with E-state index in [9.17, 15) is 4.79 Å². The van der Waals surface area contributed by atoms with Crippen molar-refractivity contribution in [2.24, 2.45) is 0 Å². The van der Waals surface area contributed by atoms with E-state index in [1.807, 2.05) is 6.92 Å². The van der Waals surface area contributed by atoms with Gasteiger partial charge in [-0.1, -0.05) is 6.42 Å². The Morgan fingerprint density at radius 2 is 2.05 bits per heavy atom. The van der Waals surface area contributed by atoms with E-state index >= 15 is 0 Å². The van der Waals surface area contributed by atoms with Crippen LogP contribution in [-0.4, -0.2) is 49.2 Å². The molecule has 0 heterocycles. The fourth-order valence-corrected chi connectivity index (χ4v) is 2.83. The first-order valence-electron chi connectivity index (χ1n) is 7.61. The fourth-order valence-electron chi connectivity index (χ4n) is 2.83. The van der Waals surface area contributed by atoms with Crippen molar-refractivity contribution in [2.45, 2.75) is 69.5 Å². The number of carbonyl (C=O) groups excluding carboxylic acids is 1. The maximum atomic E-state index is 12.0. The van der Waals surface area contributed by atoms with Crippen LogP contribution in [0.5, 0.6) is 0 Å². The van der Waals surface area contributed by atoms with Crippen LogP contribution in [0, 0.1) is 0 Å². The van der Waals surface area contributed by atoms with Crippen molar-refractivity contribution in [3.05, 3.63) is 0 Å². The number of esters is 1. The van der Waals surface area contributed by atoms with Crippen LogP contribution < -0.4 is 5.32 Å². The summed E-state index contributed by atoms with van der Waals surface area (Å²) in [4.78, 5) is 14.4. The summed E-state index contributed by atoms with van der Waals surface area (Å²) in [5.41, 5.74) is -0.504. The molecule has 2 aliphatic carbocycles. The highest BCUT2D eigenvalue weighted by Gasteiger charge is 2.39. The minimum Gasteiger partial charge on any atom is -0.468 e. The molecule has 4 nitrogen and oxygen atoms in total. The summed E-state index contributed by atoms with van der Waals surface area (Å²) >= 11 is 0. The van der Waals surface area contributed by atoms with E-state index in [4.69, 9.17) is 4.74 Å². The van der Waals surface area contributed by atoms with Gasteiger partial charge < -0.3 is 9.64 Å². The van der Waals surface area contributed by atoms with Gasteiger partial charge in [0.2, 0.25) is 0 Å². The third-order valence-corrected chi connectivity index (χ3v) is 4.62. The van der Waals surface area contributed by atoms with Gasteiger partial charge in [0.05, 0.1) is 7.11 Å². The molecule has 1 N–H and O–H groups in total. The van der Waals surface area contributed by atoms with Crippen molar-refractivity contribution >= 4 is 5.97 Å². The summed E-state index contributed by atoms with van der Waals surface area (Å²) < 4.78 is 4.97. The Morgan fingerprint density at radius 1 is 1.37 bits per heavy atom. The van der Waals surface area contributed by atoms with Gasteiger partial charge in [-0.15, -0.1) is 0 Å². The molecular formula is C15H28N2O2. The third kappa shape index (κ3) is 3.93. The number of hydrogen-bond acceptors (Lipinski definition) is 4. The molecule has 2 rings (SSSR count). The second-order valence-corrected chi connectivity index (χ2v) is 6.41. The molecule has 4 heteroatoms. The Hall–Kier alpha value is -0.610. The number of ether oxygens (including phenoxy) is 1. The zero-order chi connectivity index (χ0) is 13.9. The molecular weight excluding hydrogens is 240 g/mol. The zero-order valence-corrected chi connectivity index (χ0v) is 12.6. The lowest BCUT2D eigenvalue weighted by Gasteiger charge is -2.35. The summed E-state index contributed by atoms with van der Waals surface area (Å²) in [7, 11) is 3.68. The van der Waals surface area contributed by atoms with Crippen LogP contribution in [0.4, 0.5) is 0 Å². The average Bonchev–Trinajstić information content (AvgIpc) is 3.09. The minimum absolute atomic E-state index is 0.120. The molecule has 1 unspecified atom stereocenters. The van der Waals surface area contributed by atoms with E-state index in [-0.39, 0.29) is 5.97 Å². The maximum absolute atomic E-state index is 12.0. The van der Waals surface area contributed by atoms with Gasteiger partial charge in [-0.2, -0.15) is 0 Å². The molecule has 0 amide bonds. The van der Waals surface area contributed by atoms with E-state index in [2.05, 4.69) is 17.3 Å². The van der Waals surface area contributed by atoms with Crippen molar-refractivity contribution in [2.75, 3.05) is 20.7 Å². The quantitative estimate of drug-likeness (QED) is 0.683. The molecule has 0 saturated heterocycles. The first-order valence-corrected chi connectivity index (χ1v) is 7.61. The first kappa shape index (κ1) is 14.8. The van der Waals surface area contributed by atoms with Gasteiger partial charge in [0.25, 0.3) is 0 Å². The van der Waals surface area contributed by atoms with E-state index in [0.29, 0.717) is 6.04 Å². The Kier molecular flexibility index (Phi) is 4.85. The van der Waals surface area contributed by atoms with Crippen LogP contribution in [0.1, 0.15) is 51.9 Å². The molecule has 2 aliphatic rings. The number of nitrogens with zero attached hydrogens (tertiary/aromatic N) is 1. The summed E-state index contributed by atoms with van der Waals surface area (Å²) in [5.74, 6) is -0.120. The first-order chi connectivity index (χ1) is 9.05. The van der Waals surface area contributed by atoms with Crippen molar-refractivity contribution in [1.29, 1.82) is 0 Å². The zero-order valence-electron chi connectivity index (χ0n) is 12.6. The maximum Gasteiger partial charge on any atom is 0.325 e. The number of rotatable bonds is 8. The van der Waals surface area contributed by atoms with Crippen LogP contribution in [-0.2, 0) is 9.53 Å². The molecule has 1 atom stereocenters. The van der Waals surface area contributed by atoms with Gasteiger partial charge in [-0.05, 0) is 59.0 Å². The van der Waals surface area contributed by atoms with E-state index in [0.717, 1.165) is 25.4 Å². The molecule has 19 heavy (non-hydrogen) atoms. The molecule has 0 radical (unpaired) electrons. The fraction of sp³-hybridized carbons (Fsp3) is 0.933. The van der Waals surface area contributed by atoms with Crippen LogP contribution in [0.3, 0.4) is 0 Å². The molecule has 110 valence electrons. The Labute approximate surface area is 116 Å². The molecule has 0 aliphatic heterocycles. The van der Waals surface area contributed by atoms with Gasteiger partial charge in [-0.3, -0.25) is 10.1 Å². The number of hydrogen-bond donors (Lipinski definition) is 1. The lowest BCUT2D eigenvalue weighted by atomic mass is 9.91. The Bertz CT molecular complexity index is 313. The molecule has 0 bridgehead atoms. The van der Waals surface area contributed by atoms with Crippen molar-refractivity contribution in [1.82, 2.24) is 10.2 Å². The van der Waals surface area contributed by atoms with Crippen molar-refractivity contribution < 1.29 is 9.53 Å². The molecule has 0 aromatic carbocycles. The van der Waals surface area contributed by atoms with E-state index in [1.165, 1.54) is 39.2 Å². The third-order valence-electron chi connectivity index (χ3n) is 4.62.